The molecule has 0 spiro atoms. The maximum Gasteiger partial charge on any atom is 0.191 e. The third-order valence-electron chi connectivity index (χ3n) is 4.99. The number of nitrogens with zero attached hydrogens (tertiary/aromatic N) is 2. The van der Waals surface area contributed by atoms with Crippen molar-refractivity contribution in [3.8, 4) is 0 Å². The van der Waals surface area contributed by atoms with Crippen LogP contribution >= 0.6 is 35.3 Å². The molecule has 1 fully saturated rings. The van der Waals surface area contributed by atoms with Gasteiger partial charge in [0.1, 0.15) is 0 Å². The first kappa shape index (κ1) is 23.7. The number of thiophene rings is 1. The summed E-state index contributed by atoms with van der Waals surface area (Å²) < 4.78 is 0. The molecule has 0 aromatic carbocycles. The molecular formula is C19H35IN4OS. The second-order valence-corrected chi connectivity index (χ2v) is 7.44. The summed E-state index contributed by atoms with van der Waals surface area (Å²) in [5.41, 5.74) is 1.36. The number of aliphatic imine (C=N–C) groups is 1. The second-order valence-electron chi connectivity index (χ2n) is 6.66. The number of halogens is 1. The van der Waals surface area contributed by atoms with Gasteiger partial charge < -0.3 is 15.7 Å². The largest absolute Gasteiger partial charge is 0.393 e. The number of aliphatic hydroxyl groups excluding tert-OH is 1. The summed E-state index contributed by atoms with van der Waals surface area (Å²) in [7, 11) is 0. The van der Waals surface area contributed by atoms with E-state index in [1.807, 2.05) is 0 Å². The summed E-state index contributed by atoms with van der Waals surface area (Å²) in [4.78, 5) is 7.36. The van der Waals surface area contributed by atoms with E-state index in [0.717, 1.165) is 57.8 Å². The standard InChI is InChI=1S/C19H34N4OS.HI/c1-4-20-19(22-16-7-9-17(24)10-8-16)21-13-18(23(5-2)6-3)15-11-12-25-14-15;/h11-12,14,16-18,24H,4-10,13H2,1-3H3,(H2,20,21,22);1H. The van der Waals surface area contributed by atoms with Crippen molar-refractivity contribution in [1.82, 2.24) is 15.5 Å². The van der Waals surface area contributed by atoms with Gasteiger partial charge in [-0.2, -0.15) is 11.3 Å². The molecule has 1 aliphatic carbocycles. The van der Waals surface area contributed by atoms with Crippen LogP contribution in [0.1, 0.15) is 58.1 Å². The Labute approximate surface area is 179 Å². The number of rotatable bonds is 8. The van der Waals surface area contributed by atoms with Gasteiger partial charge in [0.05, 0.1) is 18.7 Å². The number of hydrogen-bond donors (Lipinski definition) is 3. The van der Waals surface area contributed by atoms with Gasteiger partial charge in [-0.05, 0) is 68.1 Å². The first-order valence-electron chi connectivity index (χ1n) is 9.66. The average molecular weight is 494 g/mol. The minimum absolute atomic E-state index is 0. The van der Waals surface area contributed by atoms with Gasteiger partial charge in [-0.1, -0.05) is 13.8 Å². The lowest BCUT2D eigenvalue weighted by atomic mass is 9.93. The second kappa shape index (κ2) is 12.9. The Hall–Kier alpha value is -0.380. The third-order valence-corrected chi connectivity index (χ3v) is 5.69. The fourth-order valence-corrected chi connectivity index (χ4v) is 4.18. The summed E-state index contributed by atoms with van der Waals surface area (Å²) in [6, 6.07) is 2.95. The summed E-state index contributed by atoms with van der Waals surface area (Å²) in [6.45, 7) is 10.2. The lowest BCUT2D eigenvalue weighted by molar-refractivity contribution is 0.120. The third kappa shape index (κ3) is 7.32. The van der Waals surface area contributed by atoms with Gasteiger partial charge in [0.25, 0.3) is 0 Å². The summed E-state index contributed by atoms with van der Waals surface area (Å²) in [5.74, 6) is 0.899. The van der Waals surface area contributed by atoms with Crippen LogP contribution in [0.5, 0.6) is 0 Å². The lowest BCUT2D eigenvalue weighted by Gasteiger charge is -2.30. The normalized spacial score (nSPS) is 22.0. The van der Waals surface area contributed by atoms with E-state index in [1.165, 1.54) is 5.56 Å². The molecule has 1 atom stereocenters. The molecule has 2 rings (SSSR count). The molecule has 0 amide bonds. The summed E-state index contributed by atoms with van der Waals surface area (Å²) >= 11 is 1.75. The van der Waals surface area contributed by atoms with E-state index in [1.54, 1.807) is 11.3 Å². The van der Waals surface area contributed by atoms with Crippen LogP contribution in [0.4, 0.5) is 0 Å². The van der Waals surface area contributed by atoms with Crippen molar-refractivity contribution in [2.45, 2.75) is 64.6 Å². The van der Waals surface area contributed by atoms with Crippen LogP contribution in [-0.4, -0.2) is 54.3 Å². The SMILES string of the molecule is CCNC(=NCC(c1ccsc1)N(CC)CC)NC1CCC(O)CC1.I. The van der Waals surface area contributed by atoms with Crippen molar-refractivity contribution in [3.63, 3.8) is 0 Å². The van der Waals surface area contributed by atoms with Crippen molar-refractivity contribution in [1.29, 1.82) is 0 Å². The van der Waals surface area contributed by atoms with Gasteiger partial charge in [-0.3, -0.25) is 9.89 Å². The Morgan fingerprint density at radius 1 is 1.27 bits per heavy atom. The summed E-state index contributed by atoms with van der Waals surface area (Å²) in [6.07, 6.45) is 3.66. The molecule has 1 aromatic rings. The monoisotopic (exact) mass is 494 g/mol. The molecule has 1 aliphatic rings. The molecule has 1 aromatic heterocycles. The van der Waals surface area contributed by atoms with Crippen LogP contribution < -0.4 is 10.6 Å². The molecule has 0 aliphatic heterocycles. The predicted molar refractivity (Wildman–Crippen MR) is 123 cm³/mol. The highest BCUT2D eigenvalue weighted by molar-refractivity contribution is 14.0. The molecule has 1 heterocycles. The van der Waals surface area contributed by atoms with Gasteiger partial charge in [-0.25, -0.2) is 0 Å². The highest BCUT2D eigenvalue weighted by Gasteiger charge is 2.21. The lowest BCUT2D eigenvalue weighted by Crippen LogP contribution is -2.45. The van der Waals surface area contributed by atoms with Crippen LogP contribution in [-0.2, 0) is 0 Å². The van der Waals surface area contributed by atoms with Crippen LogP contribution in [0.2, 0.25) is 0 Å². The fourth-order valence-electron chi connectivity index (χ4n) is 3.47. The van der Waals surface area contributed by atoms with E-state index in [0.29, 0.717) is 12.1 Å². The van der Waals surface area contributed by atoms with Crippen molar-refractivity contribution in [2.24, 2.45) is 4.99 Å². The topological polar surface area (TPSA) is 59.9 Å². The maximum atomic E-state index is 9.68. The average Bonchev–Trinajstić information content (AvgIpc) is 3.15. The van der Waals surface area contributed by atoms with Gasteiger partial charge in [0.15, 0.2) is 5.96 Å². The molecule has 0 saturated heterocycles. The minimum atomic E-state index is -0.122. The molecule has 0 bridgehead atoms. The Kier molecular flexibility index (Phi) is 11.7. The van der Waals surface area contributed by atoms with E-state index in [9.17, 15) is 5.11 Å². The Balaban J connectivity index is 0.00000338. The van der Waals surface area contributed by atoms with Gasteiger partial charge >= 0.3 is 0 Å². The van der Waals surface area contributed by atoms with Gasteiger partial charge in [-0.15, -0.1) is 24.0 Å². The first-order chi connectivity index (χ1) is 12.2. The van der Waals surface area contributed by atoms with E-state index < -0.39 is 0 Å². The Morgan fingerprint density at radius 2 is 1.96 bits per heavy atom. The van der Waals surface area contributed by atoms with Crippen molar-refractivity contribution < 1.29 is 5.11 Å². The predicted octanol–water partition coefficient (Wildman–Crippen LogP) is 3.61. The van der Waals surface area contributed by atoms with Crippen molar-refractivity contribution in [2.75, 3.05) is 26.2 Å². The highest BCUT2D eigenvalue weighted by atomic mass is 127. The molecule has 1 saturated carbocycles. The number of hydrogen-bond acceptors (Lipinski definition) is 4. The van der Waals surface area contributed by atoms with Crippen LogP contribution in [0, 0.1) is 0 Å². The van der Waals surface area contributed by atoms with Crippen LogP contribution in [0.25, 0.3) is 0 Å². The molecule has 3 N–H and O–H groups in total. The zero-order valence-corrected chi connectivity index (χ0v) is 19.4. The Bertz CT molecular complexity index is 500. The quantitative estimate of drug-likeness (QED) is 0.294. The number of aliphatic hydroxyl groups is 1. The molecule has 26 heavy (non-hydrogen) atoms. The molecule has 5 nitrogen and oxygen atoms in total. The highest BCUT2D eigenvalue weighted by Crippen LogP contribution is 2.23. The van der Waals surface area contributed by atoms with Crippen LogP contribution in [0.15, 0.2) is 21.8 Å². The van der Waals surface area contributed by atoms with Crippen molar-refractivity contribution in [3.05, 3.63) is 22.4 Å². The number of guanidine groups is 1. The van der Waals surface area contributed by atoms with E-state index in [-0.39, 0.29) is 30.1 Å². The number of likely N-dealkylation sites (N-methyl/N-ethyl adjacent to an activating group) is 1. The van der Waals surface area contributed by atoms with Crippen LogP contribution in [0.3, 0.4) is 0 Å². The molecule has 0 radical (unpaired) electrons. The smallest absolute Gasteiger partial charge is 0.191 e. The molecule has 150 valence electrons. The molecule has 1 unspecified atom stereocenters. The first-order valence-corrected chi connectivity index (χ1v) is 10.6. The van der Waals surface area contributed by atoms with E-state index >= 15 is 0 Å². The molecular weight excluding hydrogens is 459 g/mol. The van der Waals surface area contributed by atoms with E-state index in [4.69, 9.17) is 4.99 Å². The van der Waals surface area contributed by atoms with E-state index in [2.05, 4.69) is 53.1 Å². The van der Waals surface area contributed by atoms with Crippen molar-refractivity contribution >= 4 is 41.3 Å². The van der Waals surface area contributed by atoms with Gasteiger partial charge in [0.2, 0.25) is 0 Å². The minimum Gasteiger partial charge on any atom is -0.393 e. The summed E-state index contributed by atoms with van der Waals surface area (Å²) in [5, 5.41) is 21.0. The molecule has 7 heteroatoms. The maximum absolute atomic E-state index is 9.68. The fraction of sp³-hybridized carbons (Fsp3) is 0.737. The Morgan fingerprint density at radius 3 is 2.50 bits per heavy atom. The zero-order chi connectivity index (χ0) is 18.1. The van der Waals surface area contributed by atoms with Gasteiger partial charge in [0, 0.05) is 12.6 Å². The zero-order valence-electron chi connectivity index (χ0n) is 16.3. The number of nitrogens with one attached hydrogen (secondary N) is 2.